The van der Waals surface area contributed by atoms with Gasteiger partial charge in [-0.1, -0.05) is 0 Å². The van der Waals surface area contributed by atoms with Crippen LogP contribution in [0.3, 0.4) is 0 Å². The molecule has 3 rings (SSSR count). The molecule has 0 aliphatic heterocycles. The zero-order valence-corrected chi connectivity index (χ0v) is 6.87. The van der Waals surface area contributed by atoms with E-state index in [-0.39, 0.29) is 6.10 Å². The highest BCUT2D eigenvalue weighted by atomic mass is 16.3. The van der Waals surface area contributed by atoms with Crippen molar-refractivity contribution >= 4 is 0 Å². The lowest BCUT2D eigenvalue weighted by atomic mass is 9.79. The Morgan fingerprint density at radius 1 is 0.909 bits per heavy atom. The van der Waals surface area contributed by atoms with Gasteiger partial charge < -0.3 is 5.11 Å². The Morgan fingerprint density at radius 3 is 2.73 bits per heavy atom. The first-order valence-corrected chi connectivity index (χ1v) is 5.02. The van der Waals surface area contributed by atoms with Crippen LogP contribution in [0.2, 0.25) is 0 Å². The van der Waals surface area contributed by atoms with E-state index in [2.05, 4.69) is 0 Å². The van der Waals surface area contributed by atoms with Gasteiger partial charge in [0.15, 0.2) is 0 Å². The van der Waals surface area contributed by atoms with Crippen LogP contribution in [-0.2, 0) is 0 Å². The van der Waals surface area contributed by atoms with Crippen LogP contribution in [-0.4, -0.2) is 11.2 Å². The van der Waals surface area contributed by atoms with E-state index in [1.54, 1.807) is 0 Å². The summed E-state index contributed by atoms with van der Waals surface area (Å²) in [5.74, 6) is 3.56. The van der Waals surface area contributed by atoms with E-state index in [1.807, 2.05) is 0 Å². The number of aliphatic hydroxyl groups excluding tert-OH is 1. The average molecular weight is 152 g/mol. The van der Waals surface area contributed by atoms with E-state index >= 15 is 0 Å². The fourth-order valence-corrected chi connectivity index (χ4v) is 3.94. The van der Waals surface area contributed by atoms with E-state index in [9.17, 15) is 5.11 Å². The van der Waals surface area contributed by atoms with Gasteiger partial charge in [0.1, 0.15) is 0 Å². The first-order chi connectivity index (χ1) is 5.34. The van der Waals surface area contributed by atoms with Crippen LogP contribution in [0.1, 0.15) is 32.1 Å². The molecule has 0 amide bonds. The largest absolute Gasteiger partial charge is 0.393 e. The Morgan fingerprint density at radius 2 is 1.82 bits per heavy atom. The van der Waals surface area contributed by atoms with Gasteiger partial charge in [-0.3, -0.25) is 0 Å². The van der Waals surface area contributed by atoms with Gasteiger partial charge in [-0.05, 0) is 55.8 Å². The van der Waals surface area contributed by atoms with Crippen molar-refractivity contribution in [2.75, 3.05) is 0 Å². The Hall–Kier alpha value is -0.0400. The predicted molar refractivity (Wildman–Crippen MR) is 43.1 cm³/mol. The number of hydrogen-bond donors (Lipinski definition) is 1. The van der Waals surface area contributed by atoms with Gasteiger partial charge in [0.2, 0.25) is 0 Å². The fourth-order valence-electron chi connectivity index (χ4n) is 3.94. The smallest absolute Gasteiger partial charge is 0.0573 e. The molecule has 0 unspecified atom stereocenters. The van der Waals surface area contributed by atoms with E-state index in [4.69, 9.17) is 0 Å². The molecule has 0 heterocycles. The Bertz CT molecular complexity index is 173. The predicted octanol–water partition coefficient (Wildman–Crippen LogP) is 1.80. The van der Waals surface area contributed by atoms with Crippen molar-refractivity contribution in [2.45, 2.75) is 38.2 Å². The number of fused-ring (bicyclic) bond motifs is 1. The molecule has 11 heavy (non-hydrogen) atoms. The van der Waals surface area contributed by atoms with E-state index in [0.29, 0.717) is 5.92 Å². The third-order valence-corrected chi connectivity index (χ3v) is 4.34. The number of hydrogen-bond acceptors (Lipinski definition) is 1. The van der Waals surface area contributed by atoms with Crippen LogP contribution in [0, 0.1) is 23.7 Å². The quantitative estimate of drug-likeness (QED) is 0.561. The highest BCUT2D eigenvalue weighted by Gasteiger charge is 2.50. The van der Waals surface area contributed by atoms with Crippen LogP contribution in [0.4, 0.5) is 0 Å². The molecule has 1 N–H and O–H groups in total. The lowest BCUT2D eigenvalue weighted by Gasteiger charge is -2.30. The Kier molecular flexibility index (Phi) is 1.18. The molecule has 1 nitrogen and oxygen atoms in total. The maximum Gasteiger partial charge on any atom is 0.0573 e. The van der Waals surface area contributed by atoms with Crippen LogP contribution in [0.15, 0.2) is 0 Å². The molecule has 0 aromatic heterocycles. The third kappa shape index (κ3) is 0.752. The van der Waals surface area contributed by atoms with Crippen LogP contribution in [0.25, 0.3) is 0 Å². The van der Waals surface area contributed by atoms with Crippen LogP contribution in [0.5, 0.6) is 0 Å². The highest BCUT2D eigenvalue weighted by molar-refractivity contribution is 5.00. The van der Waals surface area contributed by atoms with Crippen molar-refractivity contribution in [1.82, 2.24) is 0 Å². The summed E-state index contributed by atoms with van der Waals surface area (Å²) >= 11 is 0. The first-order valence-electron chi connectivity index (χ1n) is 5.02. The number of aliphatic hydroxyl groups is 1. The molecule has 3 aliphatic rings. The second-order valence-electron chi connectivity index (χ2n) is 4.81. The van der Waals surface area contributed by atoms with E-state index in [1.165, 1.54) is 25.7 Å². The summed E-state index contributed by atoms with van der Waals surface area (Å²) in [4.78, 5) is 0. The monoisotopic (exact) mass is 152 g/mol. The van der Waals surface area contributed by atoms with Gasteiger partial charge in [-0.2, -0.15) is 0 Å². The van der Waals surface area contributed by atoms with Gasteiger partial charge in [0.05, 0.1) is 6.10 Å². The average Bonchev–Trinajstić information content (AvgIpc) is 2.40. The summed E-state index contributed by atoms with van der Waals surface area (Å²) in [6.45, 7) is 0. The zero-order chi connectivity index (χ0) is 7.42. The summed E-state index contributed by atoms with van der Waals surface area (Å²) in [7, 11) is 0. The summed E-state index contributed by atoms with van der Waals surface area (Å²) in [6.07, 6.45) is 6.83. The van der Waals surface area contributed by atoms with E-state index in [0.717, 1.165) is 24.2 Å². The maximum atomic E-state index is 9.78. The van der Waals surface area contributed by atoms with Crippen molar-refractivity contribution < 1.29 is 5.11 Å². The molecular formula is C10H16O. The lowest BCUT2D eigenvalue weighted by Crippen LogP contribution is -2.29. The lowest BCUT2D eigenvalue weighted by molar-refractivity contribution is 0.0389. The molecule has 3 aliphatic carbocycles. The topological polar surface area (TPSA) is 20.2 Å². The first kappa shape index (κ1) is 6.47. The maximum absolute atomic E-state index is 9.78. The molecule has 0 aromatic rings. The fraction of sp³-hybridized carbons (Fsp3) is 1.00. The standard InChI is InChI=1S/C10H16O/c11-10-5-6-3-7-1-2-8(10)9(7)4-6/h6-11H,1-5H2/t6-,7+,8+,9-,10-/m1/s1. The zero-order valence-electron chi connectivity index (χ0n) is 6.87. The summed E-state index contributed by atoms with van der Waals surface area (Å²) in [5, 5.41) is 9.78. The van der Waals surface area contributed by atoms with Crippen molar-refractivity contribution in [1.29, 1.82) is 0 Å². The van der Waals surface area contributed by atoms with Crippen LogP contribution >= 0.6 is 0 Å². The third-order valence-electron chi connectivity index (χ3n) is 4.34. The molecule has 0 spiro atoms. The molecule has 5 atom stereocenters. The minimum Gasteiger partial charge on any atom is -0.393 e. The second kappa shape index (κ2) is 2.01. The number of rotatable bonds is 0. The Balaban J connectivity index is 1.94. The molecule has 0 radical (unpaired) electrons. The summed E-state index contributed by atoms with van der Waals surface area (Å²) < 4.78 is 0. The van der Waals surface area contributed by atoms with Gasteiger partial charge in [0, 0.05) is 0 Å². The molecule has 1 heteroatoms. The summed E-state index contributed by atoms with van der Waals surface area (Å²) in [6, 6.07) is 0. The molecule has 0 aromatic carbocycles. The second-order valence-corrected chi connectivity index (χ2v) is 4.81. The van der Waals surface area contributed by atoms with Gasteiger partial charge in [-0.15, -0.1) is 0 Å². The summed E-state index contributed by atoms with van der Waals surface area (Å²) in [5.41, 5.74) is 0. The molecular weight excluding hydrogens is 136 g/mol. The van der Waals surface area contributed by atoms with Crippen molar-refractivity contribution in [3.05, 3.63) is 0 Å². The SMILES string of the molecule is O[C@@H]1C[C@@H]2C[C@@H]3CC[C@H]1[C@@H]3C2. The highest BCUT2D eigenvalue weighted by Crippen LogP contribution is 2.56. The molecule has 0 saturated heterocycles. The van der Waals surface area contributed by atoms with E-state index < -0.39 is 0 Å². The van der Waals surface area contributed by atoms with Gasteiger partial charge in [0.25, 0.3) is 0 Å². The van der Waals surface area contributed by atoms with Gasteiger partial charge >= 0.3 is 0 Å². The normalized spacial score (nSPS) is 60.3. The molecule has 3 saturated carbocycles. The van der Waals surface area contributed by atoms with Crippen molar-refractivity contribution in [2.24, 2.45) is 23.7 Å². The van der Waals surface area contributed by atoms with Crippen LogP contribution < -0.4 is 0 Å². The minimum atomic E-state index is 0.0752. The van der Waals surface area contributed by atoms with Crippen molar-refractivity contribution in [3.63, 3.8) is 0 Å². The molecule has 62 valence electrons. The Labute approximate surface area is 67.8 Å². The molecule has 3 fully saturated rings. The minimum absolute atomic E-state index is 0.0752. The van der Waals surface area contributed by atoms with Gasteiger partial charge in [-0.25, -0.2) is 0 Å². The molecule has 2 bridgehead atoms. The van der Waals surface area contributed by atoms with Crippen molar-refractivity contribution in [3.8, 4) is 0 Å².